The molecular formula is C10H17N5O2. The van der Waals surface area contributed by atoms with Crippen molar-refractivity contribution in [2.75, 3.05) is 26.7 Å². The van der Waals surface area contributed by atoms with Crippen LogP contribution in [0.25, 0.3) is 0 Å². The van der Waals surface area contributed by atoms with Gasteiger partial charge in [0, 0.05) is 32.6 Å². The molecule has 1 aliphatic heterocycles. The summed E-state index contributed by atoms with van der Waals surface area (Å²) >= 11 is 0. The second kappa shape index (κ2) is 5.15. The molecule has 94 valence electrons. The Kier molecular flexibility index (Phi) is 3.60. The predicted octanol–water partition coefficient (Wildman–Crippen LogP) is -0.499. The molecule has 2 rings (SSSR count). The van der Waals surface area contributed by atoms with Gasteiger partial charge >= 0.3 is 0 Å². The maximum absolute atomic E-state index is 8.56. The van der Waals surface area contributed by atoms with E-state index in [2.05, 4.69) is 15.2 Å². The van der Waals surface area contributed by atoms with Crippen LogP contribution >= 0.6 is 0 Å². The lowest BCUT2D eigenvalue weighted by Crippen LogP contribution is -2.33. The molecule has 0 bridgehead atoms. The van der Waals surface area contributed by atoms with Crippen molar-refractivity contribution in [1.29, 1.82) is 0 Å². The summed E-state index contributed by atoms with van der Waals surface area (Å²) in [5, 5.41) is 15.8. The first-order valence-corrected chi connectivity index (χ1v) is 5.45. The molecule has 0 aliphatic carbocycles. The fraction of sp³-hybridized carbons (Fsp3) is 0.600. The minimum Gasteiger partial charge on any atom is -0.409 e. The van der Waals surface area contributed by atoms with Crippen molar-refractivity contribution in [3.8, 4) is 0 Å². The molecular weight excluding hydrogens is 222 g/mol. The average Bonchev–Trinajstić information content (AvgIpc) is 2.96. The number of nitrogens with two attached hydrogens (primary N) is 1. The maximum atomic E-state index is 8.56. The van der Waals surface area contributed by atoms with E-state index in [9.17, 15) is 0 Å². The van der Waals surface area contributed by atoms with Gasteiger partial charge < -0.3 is 15.7 Å². The van der Waals surface area contributed by atoms with Gasteiger partial charge in [-0.1, -0.05) is 5.16 Å². The molecule has 0 aromatic carbocycles. The van der Waals surface area contributed by atoms with Gasteiger partial charge in [0.2, 0.25) is 0 Å². The van der Waals surface area contributed by atoms with Crippen LogP contribution in [-0.4, -0.2) is 58.6 Å². The number of hydrogen-bond donors (Lipinski definition) is 2. The Balaban J connectivity index is 2.04. The van der Waals surface area contributed by atoms with Gasteiger partial charge in [-0.25, -0.2) is 0 Å². The van der Waals surface area contributed by atoms with Gasteiger partial charge in [-0.3, -0.25) is 9.58 Å². The number of aromatic nitrogens is 2. The van der Waals surface area contributed by atoms with E-state index < -0.39 is 0 Å². The second-order valence-electron chi connectivity index (χ2n) is 4.11. The number of ether oxygens (including phenoxy) is 1. The lowest BCUT2D eigenvalue weighted by atomic mass is 10.2. The minimum atomic E-state index is 0.0707. The SMILES string of the molecule is CO[C@@H]1CN(CC(N)=NO)C[C@@H]1n1cccn1. The van der Waals surface area contributed by atoms with Crippen LogP contribution in [0.2, 0.25) is 0 Å². The van der Waals surface area contributed by atoms with Crippen molar-refractivity contribution in [1.82, 2.24) is 14.7 Å². The van der Waals surface area contributed by atoms with Gasteiger partial charge in [-0.15, -0.1) is 0 Å². The van der Waals surface area contributed by atoms with Crippen molar-refractivity contribution in [2.24, 2.45) is 10.9 Å². The highest BCUT2D eigenvalue weighted by molar-refractivity contribution is 5.81. The van der Waals surface area contributed by atoms with Crippen LogP contribution in [0.5, 0.6) is 0 Å². The third kappa shape index (κ3) is 2.56. The van der Waals surface area contributed by atoms with Gasteiger partial charge in [0.05, 0.1) is 18.7 Å². The Morgan fingerprint density at radius 2 is 2.47 bits per heavy atom. The number of nitrogens with zero attached hydrogens (tertiary/aromatic N) is 4. The van der Waals surface area contributed by atoms with Gasteiger partial charge in [0.1, 0.15) is 0 Å². The predicted molar refractivity (Wildman–Crippen MR) is 61.9 cm³/mol. The van der Waals surface area contributed by atoms with Crippen LogP contribution in [0, 0.1) is 0 Å². The van der Waals surface area contributed by atoms with Crippen LogP contribution in [0.15, 0.2) is 23.6 Å². The average molecular weight is 239 g/mol. The second-order valence-corrected chi connectivity index (χ2v) is 4.11. The highest BCUT2D eigenvalue weighted by Gasteiger charge is 2.34. The highest BCUT2D eigenvalue weighted by Crippen LogP contribution is 2.23. The molecule has 1 fully saturated rings. The summed E-state index contributed by atoms with van der Waals surface area (Å²) in [5.74, 6) is 0.209. The van der Waals surface area contributed by atoms with Crippen molar-refractivity contribution < 1.29 is 9.94 Å². The van der Waals surface area contributed by atoms with Crippen LogP contribution < -0.4 is 5.73 Å². The fourth-order valence-electron chi connectivity index (χ4n) is 2.19. The van der Waals surface area contributed by atoms with Gasteiger partial charge in [0.25, 0.3) is 0 Å². The highest BCUT2D eigenvalue weighted by atomic mass is 16.5. The quantitative estimate of drug-likeness (QED) is 0.320. The van der Waals surface area contributed by atoms with Crippen molar-refractivity contribution in [3.63, 3.8) is 0 Å². The molecule has 1 aliphatic rings. The molecule has 0 saturated carbocycles. The molecule has 3 N–H and O–H groups in total. The summed E-state index contributed by atoms with van der Waals surface area (Å²) in [6, 6.07) is 2.06. The van der Waals surface area contributed by atoms with E-state index in [1.54, 1.807) is 13.3 Å². The van der Waals surface area contributed by atoms with Crippen molar-refractivity contribution in [2.45, 2.75) is 12.1 Å². The number of rotatable bonds is 4. The molecule has 0 spiro atoms. The number of hydrogen-bond acceptors (Lipinski definition) is 5. The molecule has 7 nitrogen and oxygen atoms in total. The Bertz CT molecular complexity index is 378. The molecule has 0 amide bonds. The van der Waals surface area contributed by atoms with Gasteiger partial charge in [0.15, 0.2) is 5.84 Å². The molecule has 1 aromatic heterocycles. The van der Waals surface area contributed by atoms with Crippen LogP contribution in [0.4, 0.5) is 0 Å². The van der Waals surface area contributed by atoms with Crippen LogP contribution in [0.3, 0.4) is 0 Å². The zero-order chi connectivity index (χ0) is 12.3. The molecule has 1 saturated heterocycles. The number of oxime groups is 1. The molecule has 17 heavy (non-hydrogen) atoms. The van der Waals surface area contributed by atoms with E-state index in [1.807, 2.05) is 16.9 Å². The van der Waals surface area contributed by atoms with E-state index in [1.165, 1.54) is 0 Å². The summed E-state index contributed by atoms with van der Waals surface area (Å²) in [7, 11) is 1.69. The fourth-order valence-corrected chi connectivity index (χ4v) is 2.19. The van der Waals surface area contributed by atoms with Crippen LogP contribution in [0.1, 0.15) is 6.04 Å². The molecule has 0 unspecified atom stereocenters. The summed E-state index contributed by atoms with van der Waals surface area (Å²) in [6.45, 7) is 1.96. The Labute approximate surface area is 99.4 Å². The Morgan fingerprint density at radius 3 is 3.06 bits per heavy atom. The standard InChI is InChI=1S/C10H17N5O2/c1-17-9-6-14(7-10(11)13-16)5-8(9)15-4-2-3-12-15/h2-4,8-9,16H,5-7H2,1H3,(H2,11,13)/t8-,9+/m0/s1. The normalized spacial score (nSPS) is 26.5. The lowest BCUT2D eigenvalue weighted by molar-refractivity contribution is 0.0788. The molecule has 2 heterocycles. The Hall–Kier alpha value is -1.60. The zero-order valence-electron chi connectivity index (χ0n) is 9.73. The third-order valence-electron chi connectivity index (χ3n) is 2.99. The van der Waals surface area contributed by atoms with Crippen molar-refractivity contribution >= 4 is 5.84 Å². The molecule has 2 atom stereocenters. The molecule has 0 radical (unpaired) electrons. The van der Waals surface area contributed by atoms with Crippen LogP contribution in [-0.2, 0) is 4.74 Å². The van der Waals surface area contributed by atoms with E-state index in [0.29, 0.717) is 6.54 Å². The topological polar surface area (TPSA) is 88.9 Å². The zero-order valence-corrected chi connectivity index (χ0v) is 9.73. The largest absolute Gasteiger partial charge is 0.409 e. The first kappa shape index (κ1) is 11.9. The molecule has 1 aromatic rings. The van der Waals surface area contributed by atoms with E-state index >= 15 is 0 Å². The lowest BCUT2D eigenvalue weighted by Gasteiger charge is -2.16. The third-order valence-corrected chi connectivity index (χ3v) is 2.99. The summed E-state index contributed by atoms with van der Waals surface area (Å²) < 4.78 is 7.34. The van der Waals surface area contributed by atoms with E-state index in [-0.39, 0.29) is 18.0 Å². The minimum absolute atomic E-state index is 0.0707. The maximum Gasteiger partial charge on any atom is 0.153 e. The molecule has 7 heteroatoms. The number of methoxy groups -OCH3 is 1. The van der Waals surface area contributed by atoms with E-state index in [0.717, 1.165) is 13.1 Å². The summed E-state index contributed by atoms with van der Waals surface area (Å²) in [4.78, 5) is 2.08. The van der Waals surface area contributed by atoms with Gasteiger partial charge in [-0.05, 0) is 6.07 Å². The monoisotopic (exact) mass is 239 g/mol. The smallest absolute Gasteiger partial charge is 0.153 e. The summed E-state index contributed by atoms with van der Waals surface area (Å²) in [6.07, 6.45) is 3.74. The van der Waals surface area contributed by atoms with E-state index in [4.69, 9.17) is 15.7 Å². The number of likely N-dealkylation sites (tertiary alicyclic amines) is 1. The first-order valence-electron chi connectivity index (χ1n) is 5.45. The van der Waals surface area contributed by atoms with Crippen molar-refractivity contribution in [3.05, 3.63) is 18.5 Å². The Morgan fingerprint density at radius 1 is 1.65 bits per heavy atom. The van der Waals surface area contributed by atoms with Gasteiger partial charge in [-0.2, -0.15) is 5.10 Å². The summed E-state index contributed by atoms with van der Waals surface area (Å²) in [5.41, 5.74) is 5.50. The first-order chi connectivity index (χ1) is 8.24. The number of amidine groups is 1.